The number of nitrogens with zero attached hydrogens (tertiary/aromatic N) is 1. The standard InChI is InChI=1S/C11H19NO3S/c1-8(2)11(14)10-4-6-16(15,7-5-10)12-9(3)13/h8,10H,4-7H2,1-3H3. The van der Waals surface area contributed by atoms with Crippen LogP contribution >= 0.6 is 0 Å². The van der Waals surface area contributed by atoms with Crippen molar-refractivity contribution in [3.8, 4) is 0 Å². The number of amides is 1. The molecule has 1 aliphatic heterocycles. The van der Waals surface area contributed by atoms with Crippen molar-refractivity contribution < 1.29 is 13.8 Å². The quantitative estimate of drug-likeness (QED) is 0.743. The summed E-state index contributed by atoms with van der Waals surface area (Å²) in [5.41, 5.74) is 0. The Hall–Kier alpha value is -0.710. The molecule has 0 aromatic rings. The molecule has 0 atom stereocenters. The number of rotatable bonds is 2. The molecule has 1 fully saturated rings. The van der Waals surface area contributed by atoms with Gasteiger partial charge >= 0.3 is 0 Å². The Labute approximate surface area is 97.0 Å². The van der Waals surface area contributed by atoms with Crippen LogP contribution in [0.15, 0.2) is 4.36 Å². The maximum atomic E-state index is 12.1. The lowest BCUT2D eigenvalue weighted by Crippen LogP contribution is -2.30. The fraction of sp³-hybridized carbons (Fsp3) is 0.818. The minimum atomic E-state index is -2.36. The minimum Gasteiger partial charge on any atom is -0.299 e. The van der Waals surface area contributed by atoms with Crippen molar-refractivity contribution in [2.75, 3.05) is 11.5 Å². The summed E-state index contributed by atoms with van der Waals surface area (Å²) in [7, 11) is -2.36. The molecule has 1 amide bonds. The van der Waals surface area contributed by atoms with Crippen LogP contribution in [0.3, 0.4) is 0 Å². The molecule has 1 heterocycles. The lowest BCUT2D eigenvalue weighted by molar-refractivity contribution is -0.126. The molecule has 0 aromatic heterocycles. The second-order valence-corrected chi connectivity index (χ2v) is 7.17. The van der Waals surface area contributed by atoms with Crippen LogP contribution in [0.1, 0.15) is 33.6 Å². The highest BCUT2D eigenvalue weighted by Crippen LogP contribution is 2.23. The van der Waals surface area contributed by atoms with Gasteiger partial charge in [-0.15, -0.1) is 0 Å². The molecular weight excluding hydrogens is 226 g/mol. The van der Waals surface area contributed by atoms with Crippen LogP contribution < -0.4 is 0 Å². The Morgan fingerprint density at radius 1 is 1.25 bits per heavy atom. The van der Waals surface area contributed by atoms with Crippen LogP contribution in [0, 0.1) is 11.8 Å². The van der Waals surface area contributed by atoms with E-state index in [0.29, 0.717) is 24.3 Å². The van der Waals surface area contributed by atoms with Crippen LogP contribution in [-0.2, 0) is 19.3 Å². The van der Waals surface area contributed by atoms with Gasteiger partial charge in [0.05, 0.1) is 9.73 Å². The number of carbonyl (C=O) groups is 2. The van der Waals surface area contributed by atoms with Crippen molar-refractivity contribution in [1.82, 2.24) is 0 Å². The van der Waals surface area contributed by atoms with E-state index in [4.69, 9.17) is 0 Å². The van der Waals surface area contributed by atoms with Crippen molar-refractivity contribution in [1.29, 1.82) is 0 Å². The Balaban J connectivity index is 2.68. The molecule has 0 N–H and O–H groups in total. The Kier molecular flexibility index (Phi) is 4.24. The maximum absolute atomic E-state index is 12.1. The summed E-state index contributed by atoms with van der Waals surface area (Å²) in [6.45, 7) is 5.08. The van der Waals surface area contributed by atoms with E-state index < -0.39 is 9.73 Å². The summed E-state index contributed by atoms with van der Waals surface area (Å²) in [5, 5.41) is 0. The summed E-state index contributed by atoms with van der Waals surface area (Å²) in [6, 6.07) is 0. The zero-order chi connectivity index (χ0) is 12.3. The number of carbonyl (C=O) groups excluding carboxylic acids is 2. The normalized spacial score (nSPS) is 30.1. The van der Waals surface area contributed by atoms with Crippen LogP contribution in [0.25, 0.3) is 0 Å². The monoisotopic (exact) mass is 245 g/mol. The third-order valence-corrected chi connectivity index (χ3v) is 5.17. The van der Waals surface area contributed by atoms with E-state index in [2.05, 4.69) is 4.36 Å². The third-order valence-electron chi connectivity index (χ3n) is 2.84. The predicted octanol–water partition coefficient (Wildman–Crippen LogP) is 1.64. The van der Waals surface area contributed by atoms with Crippen molar-refractivity contribution in [3.05, 3.63) is 0 Å². The first-order valence-electron chi connectivity index (χ1n) is 5.61. The molecule has 16 heavy (non-hydrogen) atoms. The van der Waals surface area contributed by atoms with Crippen molar-refractivity contribution >= 4 is 21.4 Å². The Bertz CT molecular complexity index is 391. The lowest BCUT2D eigenvalue weighted by Gasteiger charge is -2.24. The molecule has 1 rings (SSSR count). The van der Waals surface area contributed by atoms with E-state index in [1.54, 1.807) is 0 Å². The van der Waals surface area contributed by atoms with E-state index in [-0.39, 0.29) is 23.5 Å². The average molecular weight is 245 g/mol. The largest absolute Gasteiger partial charge is 0.299 e. The number of hydrogen-bond donors (Lipinski definition) is 0. The zero-order valence-corrected chi connectivity index (χ0v) is 10.9. The summed E-state index contributed by atoms with van der Waals surface area (Å²) >= 11 is 0. The number of hydrogen-bond acceptors (Lipinski definition) is 3. The molecule has 0 aromatic carbocycles. The van der Waals surface area contributed by atoms with Gasteiger partial charge in [0.2, 0.25) is 0 Å². The number of ketones is 1. The molecule has 0 spiro atoms. The molecule has 4 nitrogen and oxygen atoms in total. The van der Waals surface area contributed by atoms with Crippen LogP contribution in [-0.4, -0.2) is 27.4 Å². The fourth-order valence-corrected chi connectivity index (χ4v) is 4.14. The molecule has 0 saturated carbocycles. The van der Waals surface area contributed by atoms with Gasteiger partial charge in [0.15, 0.2) is 0 Å². The van der Waals surface area contributed by atoms with Gasteiger partial charge in [-0.1, -0.05) is 13.8 Å². The molecule has 0 bridgehead atoms. The van der Waals surface area contributed by atoms with Crippen LogP contribution in [0.2, 0.25) is 0 Å². The first-order valence-corrected chi connectivity index (χ1v) is 7.46. The highest BCUT2D eigenvalue weighted by atomic mass is 32.2. The van der Waals surface area contributed by atoms with E-state index in [1.165, 1.54) is 6.92 Å². The van der Waals surface area contributed by atoms with E-state index in [0.717, 1.165) is 0 Å². The molecule has 0 radical (unpaired) electrons. The summed E-state index contributed by atoms with van der Waals surface area (Å²) < 4.78 is 15.7. The zero-order valence-electron chi connectivity index (χ0n) is 10.1. The van der Waals surface area contributed by atoms with Gasteiger partial charge in [0, 0.05) is 30.3 Å². The van der Waals surface area contributed by atoms with Crippen molar-refractivity contribution in [2.24, 2.45) is 16.2 Å². The summed E-state index contributed by atoms with van der Waals surface area (Å²) in [4.78, 5) is 22.6. The van der Waals surface area contributed by atoms with Gasteiger partial charge in [-0.05, 0) is 12.8 Å². The van der Waals surface area contributed by atoms with Crippen LogP contribution in [0.5, 0.6) is 0 Å². The summed E-state index contributed by atoms with van der Waals surface area (Å²) in [5.74, 6) is 0.675. The van der Waals surface area contributed by atoms with Gasteiger partial charge < -0.3 is 0 Å². The molecule has 0 aliphatic carbocycles. The highest BCUT2D eigenvalue weighted by molar-refractivity contribution is 7.93. The first-order chi connectivity index (χ1) is 7.34. The molecule has 5 heteroatoms. The maximum Gasteiger partial charge on any atom is 0.250 e. The molecule has 1 aliphatic rings. The van der Waals surface area contributed by atoms with Gasteiger partial charge in [0.1, 0.15) is 5.78 Å². The Morgan fingerprint density at radius 2 is 1.75 bits per heavy atom. The average Bonchev–Trinajstić information content (AvgIpc) is 2.16. The van der Waals surface area contributed by atoms with Crippen molar-refractivity contribution in [2.45, 2.75) is 33.6 Å². The van der Waals surface area contributed by atoms with Crippen molar-refractivity contribution in [3.63, 3.8) is 0 Å². The second kappa shape index (κ2) is 5.08. The second-order valence-electron chi connectivity index (χ2n) is 4.62. The first kappa shape index (κ1) is 13.4. The highest BCUT2D eigenvalue weighted by Gasteiger charge is 2.28. The molecule has 0 unspecified atom stereocenters. The minimum absolute atomic E-state index is 0.0109. The van der Waals surface area contributed by atoms with E-state index in [1.807, 2.05) is 13.8 Å². The predicted molar refractivity (Wildman–Crippen MR) is 63.6 cm³/mol. The SMILES string of the molecule is CC(=O)N=S1(=O)CCC(C(=O)C(C)C)CC1. The molecular formula is C11H19NO3S. The van der Waals surface area contributed by atoms with Gasteiger partial charge in [-0.3, -0.25) is 9.59 Å². The van der Waals surface area contributed by atoms with E-state index >= 15 is 0 Å². The molecule has 1 saturated heterocycles. The molecule has 92 valence electrons. The van der Waals surface area contributed by atoms with E-state index in [9.17, 15) is 13.8 Å². The van der Waals surface area contributed by atoms with Gasteiger partial charge in [-0.25, -0.2) is 4.21 Å². The Morgan fingerprint density at radius 3 is 2.12 bits per heavy atom. The fourth-order valence-electron chi connectivity index (χ4n) is 1.98. The topological polar surface area (TPSA) is 63.6 Å². The smallest absolute Gasteiger partial charge is 0.250 e. The lowest BCUT2D eigenvalue weighted by atomic mass is 9.91. The van der Waals surface area contributed by atoms with Crippen LogP contribution in [0.4, 0.5) is 0 Å². The van der Waals surface area contributed by atoms with Gasteiger partial charge in [-0.2, -0.15) is 4.36 Å². The summed E-state index contributed by atoms with van der Waals surface area (Å²) in [6.07, 6.45) is 1.21. The van der Waals surface area contributed by atoms with Gasteiger partial charge in [0.25, 0.3) is 5.91 Å². The third kappa shape index (κ3) is 3.40. The number of Topliss-reactive ketones (excluding diaryl/α,β-unsaturated/α-hetero) is 1.